The molecule has 2 rings (SSSR count). The Hall–Kier alpha value is -1.16. The number of hydrogen-bond acceptors (Lipinski definition) is 4. The van der Waals surface area contributed by atoms with Crippen molar-refractivity contribution in [1.82, 2.24) is 0 Å². The Bertz CT molecular complexity index is 429. The number of ether oxygens (including phenoxy) is 1. The zero-order valence-electron chi connectivity index (χ0n) is 12.0. The fourth-order valence-corrected chi connectivity index (χ4v) is 2.80. The van der Waals surface area contributed by atoms with E-state index in [0.717, 1.165) is 19.4 Å². The van der Waals surface area contributed by atoms with Crippen molar-refractivity contribution in [2.24, 2.45) is 10.4 Å². The number of Topliss-reactive ketones (excluding diaryl/α,β-unsaturated/α-hetero) is 1. The molecule has 0 bridgehead atoms. The number of rotatable bonds is 3. The molecule has 1 saturated heterocycles. The fourth-order valence-electron chi connectivity index (χ4n) is 2.80. The standard InChI is InChI=1S/C15H23NO3/c1-10(16-9-11-5-4-6-19-11)14-12(17)7-15(2,3)8-13(14)18/h11,17H,4-9H2,1-3H3. The second kappa shape index (κ2) is 5.45. The van der Waals surface area contributed by atoms with Crippen LogP contribution in [-0.2, 0) is 9.53 Å². The zero-order valence-corrected chi connectivity index (χ0v) is 12.0. The van der Waals surface area contributed by atoms with Gasteiger partial charge in [-0.3, -0.25) is 9.79 Å². The van der Waals surface area contributed by atoms with E-state index in [2.05, 4.69) is 4.99 Å². The summed E-state index contributed by atoms with van der Waals surface area (Å²) in [6.07, 6.45) is 3.30. The average molecular weight is 265 g/mol. The van der Waals surface area contributed by atoms with Crippen molar-refractivity contribution in [3.63, 3.8) is 0 Å². The van der Waals surface area contributed by atoms with Gasteiger partial charge < -0.3 is 9.84 Å². The van der Waals surface area contributed by atoms with Crippen molar-refractivity contribution in [2.75, 3.05) is 13.2 Å². The molecule has 0 radical (unpaired) electrons. The molecule has 106 valence electrons. The smallest absolute Gasteiger partial charge is 0.168 e. The highest BCUT2D eigenvalue weighted by Gasteiger charge is 2.34. The third-order valence-electron chi connectivity index (χ3n) is 3.77. The number of aliphatic imine (C=N–C) groups is 1. The number of aliphatic hydroxyl groups excluding tert-OH is 1. The summed E-state index contributed by atoms with van der Waals surface area (Å²) in [6.45, 7) is 7.18. The van der Waals surface area contributed by atoms with Crippen LogP contribution in [0.25, 0.3) is 0 Å². The molecule has 1 fully saturated rings. The van der Waals surface area contributed by atoms with E-state index < -0.39 is 0 Å². The molecule has 1 unspecified atom stereocenters. The maximum atomic E-state index is 12.1. The van der Waals surface area contributed by atoms with Gasteiger partial charge in [0.2, 0.25) is 0 Å². The molecule has 4 heteroatoms. The van der Waals surface area contributed by atoms with Gasteiger partial charge in [-0.25, -0.2) is 0 Å². The van der Waals surface area contributed by atoms with Gasteiger partial charge in [0.1, 0.15) is 5.76 Å². The Morgan fingerprint density at radius 2 is 2.21 bits per heavy atom. The summed E-state index contributed by atoms with van der Waals surface area (Å²) in [5.74, 6) is 0.192. The minimum absolute atomic E-state index is 0.00217. The predicted molar refractivity (Wildman–Crippen MR) is 74.6 cm³/mol. The molecule has 0 aromatic rings. The molecule has 1 atom stereocenters. The highest BCUT2D eigenvalue weighted by Crippen LogP contribution is 2.36. The van der Waals surface area contributed by atoms with Crippen LogP contribution in [0, 0.1) is 5.41 Å². The summed E-state index contributed by atoms with van der Waals surface area (Å²) in [4.78, 5) is 16.6. The van der Waals surface area contributed by atoms with Crippen LogP contribution in [0.5, 0.6) is 0 Å². The summed E-state index contributed by atoms with van der Waals surface area (Å²) >= 11 is 0. The number of aliphatic hydroxyl groups is 1. The Kier molecular flexibility index (Phi) is 4.09. The van der Waals surface area contributed by atoms with Gasteiger partial charge in [-0.15, -0.1) is 0 Å². The highest BCUT2D eigenvalue weighted by molar-refractivity contribution is 6.22. The van der Waals surface area contributed by atoms with Crippen LogP contribution in [0.3, 0.4) is 0 Å². The van der Waals surface area contributed by atoms with Crippen LogP contribution in [0.15, 0.2) is 16.3 Å². The second-order valence-electron chi connectivity index (χ2n) is 6.32. The summed E-state index contributed by atoms with van der Waals surface area (Å²) in [7, 11) is 0. The van der Waals surface area contributed by atoms with Crippen LogP contribution in [0.1, 0.15) is 46.5 Å². The first kappa shape index (κ1) is 14.3. The topological polar surface area (TPSA) is 58.9 Å². The van der Waals surface area contributed by atoms with Gasteiger partial charge in [0, 0.05) is 25.2 Å². The molecular weight excluding hydrogens is 242 g/mol. The van der Waals surface area contributed by atoms with Gasteiger partial charge in [0.25, 0.3) is 0 Å². The van der Waals surface area contributed by atoms with Crippen molar-refractivity contribution >= 4 is 11.5 Å². The lowest BCUT2D eigenvalue weighted by molar-refractivity contribution is -0.117. The molecule has 0 spiro atoms. The first-order chi connectivity index (χ1) is 8.89. The molecule has 19 heavy (non-hydrogen) atoms. The minimum atomic E-state index is -0.153. The third-order valence-corrected chi connectivity index (χ3v) is 3.77. The van der Waals surface area contributed by atoms with Gasteiger partial charge in [0.05, 0.1) is 18.2 Å². The number of nitrogens with zero attached hydrogens (tertiary/aromatic N) is 1. The summed E-state index contributed by atoms with van der Waals surface area (Å²) < 4.78 is 5.51. The normalized spacial score (nSPS) is 28.1. The molecule has 1 aliphatic carbocycles. The first-order valence-corrected chi connectivity index (χ1v) is 6.97. The zero-order chi connectivity index (χ0) is 14.0. The highest BCUT2D eigenvalue weighted by atomic mass is 16.5. The predicted octanol–water partition coefficient (Wildman–Crippen LogP) is 2.83. The van der Waals surface area contributed by atoms with Gasteiger partial charge in [-0.2, -0.15) is 0 Å². The molecule has 2 aliphatic rings. The molecule has 0 aromatic heterocycles. The van der Waals surface area contributed by atoms with Gasteiger partial charge in [0.15, 0.2) is 5.78 Å². The number of ketones is 1. The van der Waals surface area contributed by atoms with E-state index in [0.29, 0.717) is 30.7 Å². The maximum absolute atomic E-state index is 12.1. The van der Waals surface area contributed by atoms with E-state index in [1.165, 1.54) is 0 Å². The summed E-state index contributed by atoms with van der Waals surface area (Å²) in [5, 5.41) is 10.1. The van der Waals surface area contributed by atoms with Crippen LogP contribution >= 0.6 is 0 Å². The van der Waals surface area contributed by atoms with Crippen LogP contribution in [0.2, 0.25) is 0 Å². The van der Waals surface area contributed by atoms with Crippen LogP contribution in [0.4, 0.5) is 0 Å². The monoisotopic (exact) mass is 265 g/mol. The van der Waals surface area contributed by atoms with Gasteiger partial charge in [-0.05, 0) is 25.2 Å². The largest absolute Gasteiger partial charge is 0.511 e. The van der Waals surface area contributed by atoms with Gasteiger partial charge in [-0.1, -0.05) is 13.8 Å². The molecular formula is C15H23NO3. The Morgan fingerprint density at radius 1 is 1.47 bits per heavy atom. The minimum Gasteiger partial charge on any atom is -0.511 e. The van der Waals surface area contributed by atoms with Crippen LogP contribution < -0.4 is 0 Å². The number of hydrogen-bond donors (Lipinski definition) is 1. The van der Waals surface area contributed by atoms with Gasteiger partial charge >= 0.3 is 0 Å². The molecule has 0 amide bonds. The molecule has 1 aliphatic heterocycles. The lowest BCUT2D eigenvalue weighted by Gasteiger charge is -2.29. The van der Waals surface area contributed by atoms with Crippen molar-refractivity contribution in [1.29, 1.82) is 0 Å². The Morgan fingerprint density at radius 3 is 2.79 bits per heavy atom. The van der Waals surface area contributed by atoms with E-state index in [1.807, 2.05) is 13.8 Å². The van der Waals surface area contributed by atoms with Crippen molar-refractivity contribution in [3.05, 3.63) is 11.3 Å². The molecule has 4 nitrogen and oxygen atoms in total. The Labute approximate surface area is 114 Å². The SMILES string of the molecule is CC(=NCC1CCCO1)C1=C(O)CC(C)(C)CC1=O. The lowest BCUT2D eigenvalue weighted by atomic mass is 9.76. The summed E-state index contributed by atoms with van der Waals surface area (Å²) in [5.41, 5.74) is 0.922. The maximum Gasteiger partial charge on any atom is 0.168 e. The van der Waals surface area contributed by atoms with E-state index in [-0.39, 0.29) is 23.1 Å². The fraction of sp³-hybridized carbons (Fsp3) is 0.733. The number of carbonyl (C=O) groups excluding carboxylic acids is 1. The molecule has 0 aromatic carbocycles. The van der Waals surface area contributed by atoms with E-state index in [1.54, 1.807) is 6.92 Å². The quantitative estimate of drug-likeness (QED) is 0.798. The van der Waals surface area contributed by atoms with E-state index >= 15 is 0 Å². The second-order valence-corrected chi connectivity index (χ2v) is 6.32. The number of allylic oxidation sites excluding steroid dienone is 2. The first-order valence-electron chi connectivity index (χ1n) is 6.97. The van der Waals surface area contributed by atoms with Crippen molar-refractivity contribution in [3.8, 4) is 0 Å². The van der Waals surface area contributed by atoms with Crippen molar-refractivity contribution in [2.45, 2.75) is 52.6 Å². The third kappa shape index (κ3) is 3.44. The van der Waals surface area contributed by atoms with Crippen LogP contribution in [-0.4, -0.2) is 35.9 Å². The molecule has 0 saturated carbocycles. The van der Waals surface area contributed by atoms with E-state index in [4.69, 9.17) is 4.74 Å². The van der Waals surface area contributed by atoms with E-state index in [9.17, 15) is 9.90 Å². The molecule has 1 N–H and O–H groups in total. The average Bonchev–Trinajstić information content (AvgIpc) is 2.76. The Balaban J connectivity index is 2.10. The lowest BCUT2D eigenvalue weighted by Crippen LogP contribution is -2.28. The van der Waals surface area contributed by atoms with Crippen molar-refractivity contribution < 1.29 is 14.6 Å². The summed E-state index contributed by atoms with van der Waals surface area (Å²) in [6, 6.07) is 0. The molecule has 1 heterocycles. The number of carbonyl (C=O) groups is 1.